The van der Waals surface area contributed by atoms with E-state index in [1.54, 1.807) is 12.2 Å². The second-order valence-corrected chi connectivity index (χ2v) is 6.15. The van der Waals surface area contributed by atoms with Crippen molar-refractivity contribution in [3.8, 4) is 0 Å². The number of halogens is 2. The maximum absolute atomic E-state index is 13.7. The molecular weight excluding hydrogens is 303 g/mol. The number of nitrogens with one attached hydrogen (secondary N) is 2. The molecule has 22 heavy (non-hydrogen) atoms. The van der Waals surface area contributed by atoms with E-state index in [4.69, 9.17) is 11.6 Å². The summed E-state index contributed by atoms with van der Waals surface area (Å²) >= 11 is 5.89. The molecule has 5 heteroatoms. The lowest BCUT2D eigenvalue weighted by atomic mass is 9.97. The lowest BCUT2D eigenvalue weighted by Crippen LogP contribution is -2.16. The molecule has 0 spiro atoms. The summed E-state index contributed by atoms with van der Waals surface area (Å²) in [5.41, 5.74) is 2.40. The molecule has 1 saturated heterocycles. The standard InChI is InChI=1S/C17H18ClFN2O/c18-13-5-1-12(2-6-13)17(22)21-14-7-3-11(4-8-14)15-9-20-10-16(15)19/h1,3-5,7-8,15-16,20H,2,6,9-10H2,(H,21,22)/t15-,16?/m0/s1. The van der Waals surface area contributed by atoms with E-state index in [0.717, 1.165) is 21.9 Å². The van der Waals surface area contributed by atoms with Crippen LogP contribution in [0.5, 0.6) is 0 Å². The lowest BCUT2D eigenvalue weighted by molar-refractivity contribution is -0.113. The van der Waals surface area contributed by atoms with Crippen LogP contribution in [-0.2, 0) is 4.79 Å². The fourth-order valence-electron chi connectivity index (χ4n) is 2.80. The molecule has 0 bridgehead atoms. The van der Waals surface area contributed by atoms with Gasteiger partial charge in [0.05, 0.1) is 0 Å². The quantitative estimate of drug-likeness (QED) is 0.895. The minimum Gasteiger partial charge on any atom is -0.322 e. The number of benzene rings is 1. The molecule has 1 aromatic carbocycles. The van der Waals surface area contributed by atoms with Crippen LogP contribution in [0.4, 0.5) is 10.1 Å². The van der Waals surface area contributed by atoms with Crippen LogP contribution in [0.1, 0.15) is 24.3 Å². The van der Waals surface area contributed by atoms with Crippen LogP contribution in [0.2, 0.25) is 0 Å². The molecule has 116 valence electrons. The molecule has 1 heterocycles. The molecule has 0 radical (unpaired) electrons. The summed E-state index contributed by atoms with van der Waals surface area (Å²) in [5.74, 6) is -0.211. The smallest absolute Gasteiger partial charge is 0.251 e. The zero-order chi connectivity index (χ0) is 15.5. The van der Waals surface area contributed by atoms with E-state index < -0.39 is 6.17 Å². The summed E-state index contributed by atoms with van der Waals surface area (Å²) in [7, 11) is 0. The van der Waals surface area contributed by atoms with Crippen molar-refractivity contribution in [1.82, 2.24) is 5.32 Å². The summed E-state index contributed by atoms with van der Waals surface area (Å²) in [4.78, 5) is 12.1. The van der Waals surface area contributed by atoms with Gasteiger partial charge in [0.2, 0.25) is 0 Å². The van der Waals surface area contributed by atoms with Crippen LogP contribution in [0.15, 0.2) is 47.0 Å². The van der Waals surface area contributed by atoms with Gasteiger partial charge in [0.15, 0.2) is 0 Å². The van der Waals surface area contributed by atoms with E-state index in [9.17, 15) is 9.18 Å². The Hall–Kier alpha value is -1.65. The van der Waals surface area contributed by atoms with Crippen LogP contribution >= 0.6 is 11.6 Å². The first-order valence-electron chi connectivity index (χ1n) is 7.45. The first-order chi connectivity index (χ1) is 10.6. The Balaban J connectivity index is 1.65. The van der Waals surface area contributed by atoms with Crippen molar-refractivity contribution in [2.75, 3.05) is 18.4 Å². The molecule has 3 rings (SSSR count). The van der Waals surface area contributed by atoms with Gasteiger partial charge in [-0.15, -0.1) is 0 Å². The van der Waals surface area contributed by atoms with Crippen molar-refractivity contribution in [1.29, 1.82) is 0 Å². The van der Waals surface area contributed by atoms with E-state index in [0.29, 0.717) is 25.9 Å². The molecule has 1 aromatic rings. The molecule has 0 aromatic heterocycles. The van der Waals surface area contributed by atoms with E-state index in [-0.39, 0.29) is 11.8 Å². The first kappa shape index (κ1) is 15.3. The van der Waals surface area contributed by atoms with Crippen LogP contribution in [0, 0.1) is 0 Å². The molecule has 1 aliphatic heterocycles. The van der Waals surface area contributed by atoms with Crippen LogP contribution < -0.4 is 10.6 Å². The van der Waals surface area contributed by atoms with Gasteiger partial charge in [0.25, 0.3) is 5.91 Å². The average molecular weight is 321 g/mol. The highest BCUT2D eigenvalue weighted by Gasteiger charge is 2.27. The summed E-state index contributed by atoms with van der Waals surface area (Å²) in [6, 6.07) is 7.41. The van der Waals surface area contributed by atoms with Crippen LogP contribution in [0.25, 0.3) is 0 Å². The predicted octanol–water partition coefficient (Wildman–Crippen LogP) is 3.49. The summed E-state index contributed by atoms with van der Waals surface area (Å²) in [6.07, 6.45) is 4.03. The molecular formula is C17H18ClFN2O. The summed E-state index contributed by atoms with van der Waals surface area (Å²) < 4.78 is 13.7. The van der Waals surface area contributed by atoms with Crippen LogP contribution in [-0.4, -0.2) is 25.2 Å². The molecule has 1 aliphatic carbocycles. The predicted molar refractivity (Wildman–Crippen MR) is 86.8 cm³/mol. The maximum Gasteiger partial charge on any atom is 0.251 e. The highest BCUT2D eigenvalue weighted by atomic mass is 35.5. The third-order valence-corrected chi connectivity index (χ3v) is 4.44. The van der Waals surface area contributed by atoms with Gasteiger partial charge >= 0.3 is 0 Å². The second-order valence-electron chi connectivity index (χ2n) is 5.66. The van der Waals surface area contributed by atoms with Crippen molar-refractivity contribution >= 4 is 23.2 Å². The normalized spacial score (nSPS) is 24.6. The van der Waals surface area contributed by atoms with Crippen molar-refractivity contribution in [2.45, 2.75) is 24.9 Å². The number of hydrogen-bond donors (Lipinski definition) is 2. The number of alkyl halides is 1. The molecule has 1 fully saturated rings. The van der Waals surface area contributed by atoms with Gasteiger partial charge in [-0.05, 0) is 36.6 Å². The SMILES string of the molecule is O=C(Nc1ccc([C@@H]2CNCC2F)cc1)C1=CC=C(Cl)CC1. The van der Waals surface area contributed by atoms with Gasteiger partial charge < -0.3 is 10.6 Å². The van der Waals surface area contributed by atoms with Gasteiger partial charge in [-0.3, -0.25) is 4.79 Å². The molecule has 0 saturated carbocycles. The monoisotopic (exact) mass is 320 g/mol. The Morgan fingerprint density at radius 1 is 1.18 bits per heavy atom. The number of anilines is 1. The highest BCUT2D eigenvalue weighted by molar-refractivity contribution is 6.29. The van der Waals surface area contributed by atoms with Gasteiger partial charge in [0, 0.05) is 35.3 Å². The Morgan fingerprint density at radius 2 is 1.95 bits per heavy atom. The molecule has 2 atom stereocenters. The number of allylic oxidation sites excluding steroid dienone is 3. The summed E-state index contributed by atoms with van der Waals surface area (Å²) in [5, 5.41) is 6.68. The maximum atomic E-state index is 13.7. The van der Waals surface area contributed by atoms with E-state index in [1.165, 1.54) is 0 Å². The first-order valence-corrected chi connectivity index (χ1v) is 7.82. The Labute approximate surface area is 134 Å². The van der Waals surface area contributed by atoms with Gasteiger partial charge in [0.1, 0.15) is 6.17 Å². The van der Waals surface area contributed by atoms with Crippen molar-refractivity contribution < 1.29 is 9.18 Å². The second kappa shape index (κ2) is 6.63. The number of carbonyl (C=O) groups is 1. The topological polar surface area (TPSA) is 41.1 Å². The van der Waals surface area contributed by atoms with E-state index in [2.05, 4.69) is 10.6 Å². The third kappa shape index (κ3) is 3.39. The minimum atomic E-state index is -0.843. The van der Waals surface area contributed by atoms with Gasteiger partial charge in [-0.1, -0.05) is 29.8 Å². The van der Waals surface area contributed by atoms with E-state index >= 15 is 0 Å². The lowest BCUT2D eigenvalue weighted by Gasteiger charge is -2.14. The Bertz CT molecular complexity index is 624. The largest absolute Gasteiger partial charge is 0.322 e. The molecule has 1 amide bonds. The zero-order valence-electron chi connectivity index (χ0n) is 12.1. The number of amides is 1. The third-order valence-electron chi connectivity index (χ3n) is 4.13. The number of carbonyl (C=O) groups excluding carboxylic acids is 1. The number of hydrogen-bond acceptors (Lipinski definition) is 2. The molecule has 2 N–H and O–H groups in total. The van der Waals surface area contributed by atoms with Crippen molar-refractivity contribution in [3.05, 3.63) is 52.6 Å². The van der Waals surface area contributed by atoms with Crippen molar-refractivity contribution in [2.24, 2.45) is 0 Å². The van der Waals surface area contributed by atoms with E-state index in [1.807, 2.05) is 24.3 Å². The Kier molecular flexibility index (Phi) is 4.60. The fourth-order valence-corrected chi connectivity index (χ4v) is 2.96. The molecule has 2 aliphatic rings. The number of rotatable bonds is 3. The van der Waals surface area contributed by atoms with Crippen molar-refractivity contribution in [3.63, 3.8) is 0 Å². The van der Waals surface area contributed by atoms with Crippen LogP contribution in [0.3, 0.4) is 0 Å². The zero-order valence-corrected chi connectivity index (χ0v) is 12.9. The van der Waals surface area contributed by atoms with Gasteiger partial charge in [-0.2, -0.15) is 0 Å². The molecule has 3 nitrogen and oxygen atoms in total. The minimum absolute atomic E-state index is 0.0990. The summed E-state index contributed by atoms with van der Waals surface area (Å²) in [6.45, 7) is 1.07. The highest BCUT2D eigenvalue weighted by Crippen LogP contribution is 2.27. The molecule has 1 unspecified atom stereocenters. The average Bonchev–Trinajstić information content (AvgIpc) is 2.95. The van der Waals surface area contributed by atoms with Gasteiger partial charge in [-0.25, -0.2) is 4.39 Å². The fraction of sp³-hybridized carbons (Fsp3) is 0.353. The Morgan fingerprint density at radius 3 is 2.55 bits per heavy atom.